The van der Waals surface area contributed by atoms with Crippen LogP contribution in [0.15, 0.2) is 11.6 Å². The molecule has 1 nitrogen and oxygen atoms in total. The second-order valence-electron chi connectivity index (χ2n) is 5.99. The molecule has 0 spiro atoms. The van der Waals surface area contributed by atoms with E-state index in [1.54, 1.807) is 0 Å². The number of hydrogen-bond donors (Lipinski definition) is 0. The van der Waals surface area contributed by atoms with E-state index >= 15 is 0 Å². The van der Waals surface area contributed by atoms with Crippen molar-refractivity contribution in [2.24, 2.45) is 17.8 Å². The van der Waals surface area contributed by atoms with Gasteiger partial charge in [-0.05, 0) is 44.4 Å². The zero-order valence-electron chi connectivity index (χ0n) is 12.0. The molecule has 1 unspecified atom stereocenters. The van der Waals surface area contributed by atoms with E-state index in [4.69, 9.17) is 0 Å². The van der Waals surface area contributed by atoms with E-state index in [0.29, 0.717) is 11.7 Å². The fourth-order valence-electron chi connectivity index (χ4n) is 2.71. The monoisotopic (exact) mass is 236 g/mol. The molecular formula is C16H28O. The lowest BCUT2D eigenvalue weighted by Gasteiger charge is -2.27. The van der Waals surface area contributed by atoms with E-state index in [2.05, 4.69) is 33.8 Å². The molecule has 1 fully saturated rings. The molecule has 0 aliphatic heterocycles. The van der Waals surface area contributed by atoms with Gasteiger partial charge in [0, 0.05) is 12.3 Å². The number of Topliss-reactive ketones (excluding diaryl/α,β-unsaturated/α-hetero) is 1. The van der Waals surface area contributed by atoms with Gasteiger partial charge < -0.3 is 0 Å². The Kier molecular flexibility index (Phi) is 5.94. The quantitative estimate of drug-likeness (QED) is 0.629. The largest absolute Gasteiger partial charge is 0.299 e. The molecular weight excluding hydrogens is 208 g/mol. The molecule has 1 saturated carbocycles. The maximum atomic E-state index is 12.1. The maximum Gasteiger partial charge on any atom is 0.140 e. The summed E-state index contributed by atoms with van der Waals surface area (Å²) in [6, 6.07) is 0. The molecule has 0 radical (unpaired) electrons. The molecule has 1 aliphatic carbocycles. The van der Waals surface area contributed by atoms with E-state index < -0.39 is 0 Å². The van der Waals surface area contributed by atoms with Crippen LogP contribution in [0.1, 0.15) is 66.2 Å². The molecule has 0 aromatic rings. The predicted octanol–water partition coefficient (Wildman–Crippen LogP) is 4.76. The predicted molar refractivity (Wildman–Crippen MR) is 74.0 cm³/mol. The molecule has 1 rings (SSSR count). The molecule has 0 N–H and O–H groups in total. The van der Waals surface area contributed by atoms with Crippen molar-refractivity contribution in [1.29, 1.82) is 0 Å². The van der Waals surface area contributed by atoms with Gasteiger partial charge in [-0.15, -0.1) is 0 Å². The van der Waals surface area contributed by atoms with E-state index in [9.17, 15) is 4.79 Å². The number of carbonyl (C=O) groups excluding carboxylic acids is 1. The van der Waals surface area contributed by atoms with Gasteiger partial charge >= 0.3 is 0 Å². The smallest absolute Gasteiger partial charge is 0.140 e. The standard InChI is InChI=1S/C16H28O/c1-5-14-9-10-15(16(17)11-14)13(4)8-6-7-12(2)3/h8,12,14-15H,5-7,9-11H2,1-4H3/b13-8+/t14-,15?/m0/s1. The van der Waals surface area contributed by atoms with Crippen molar-refractivity contribution >= 4 is 5.78 Å². The van der Waals surface area contributed by atoms with Crippen LogP contribution >= 0.6 is 0 Å². The number of allylic oxidation sites excluding steroid dienone is 2. The summed E-state index contributed by atoms with van der Waals surface area (Å²) in [5.41, 5.74) is 1.32. The van der Waals surface area contributed by atoms with Crippen molar-refractivity contribution in [2.75, 3.05) is 0 Å². The van der Waals surface area contributed by atoms with E-state index in [1.807, 2.05) is 0 Å². The lowest BCUT2D eigenvalue weighted by atomic mass is 9.77. The molecule has 1 heteroatoms. The number of ketones is 1. The van der Waals surface area contributed by atoms with Gasteiger partial charge in [0.15, 0.2) is 0 Å². The van der Waals surface area contributed by atoms with Crippen LogP contribution in [0.4, 0.5) is 0 Å². The average Bonchev–Trinajstić information content (AvgIpc) is 2.28. The summed E-state index contributed by atoms with van der Waals surface area (Å²) in [5.74, 6) is 2.14. The molecule has 0 heterocycles. The highest BCUT2D eigenvalue weighted by atomic mass is 16.1. The molecule has 2 atom stereocenters. The maximum absolute atomic E-state index is 12.1. The van der Waals surface area contributed by atoms with Crippen LogP contribution in [0.3, 0.4) is 0 Å². The van der Waals surface area contributed by atoms with Crippen LogP contribution in [0.25, 0.3) is 0 Å². The third-order valence-corrected chi connectivity index (χ3v) is 4.08. The van der Waals surface area contributed by atoms with E-state index in [-0.39, 0.29) is 5.92 Å². The summed E-state index contributed by atoms with van der Waals surface area (Å²) in [6.07, 6.45) is 8.96. The van der Waals surface area contributed by atoms with Crippen LogP contribution in [0.2, 0.25) is 0 Å². The first-order valence-corrected chi connectivity index (χ1v) is 7.24. The van der Waals surface area contributed by atoms with Crippen molar-refractivity contribution in [3.8, 4) is 0 Å². The minimum absolute atomic E-state index is 0.241. The van der Waals surface area contributed by atoms with Crippen molar-refractivity contribution in [3.05, 3.63) is 11.6 Å². The number of rotatable bonds is 5. The van der Waals surface area contributed by atoms with Crippen LogP contribution in [-0.4, -0.2) is 5.78 Å². The Morgan fingerprint density at radius 1 is 1.41 bits per heavy atom. The van der Waals surface area contributed by atoms with Gasteiger partial charge in [-0.3, -0.25) is 4.79 Å². The molecule has 1 aliphatic rings. The first kappa shape index (κ1) is 14.5. The Morgan fingerprint density at radius 2 is 2.12 bits per heavy atom. The van der Waals surface area contributed by atoms with Crippen LogP contribution in [0, 0.1) is 17.8 Å². The summed E-state index contributed by atoms with van der Waals surface area (Å²) in [5, 5.41) is 0. The van der Waals surface area contributed by atoms with Crippen molar-refractivity contribution in [1.82, 2.24) is 0 Å². The first-order chi connectivity index (χ1) is 8.04. The fraction of sp³-hybridized carbons (Fsp3) is 0.812. The SMILES string of the molecule is CC[C@H]1CCC(/C(C)=C/CCC(C)C)C(=O)C1. The molecule has 0 bridgehead atoms. The van der Waals surface area contributed by atoms with Crippen LogP contribution in [0.5, 0.6) is 0 Å². The van der Waals surface area contributed by atoms with Crippen LogP contribution in [-0.2, 0) is 4.79 Å². The highest BCUT2D eigenvalue weighted by Gasteiger charge is 2.28. The normalized spacial score (nSPS) is 26.6. The molecule has 0 aromatic heterocycles. The van der Waals surface area contributed by atoms with E-state index in [0.717, 1.165) is 31.6 Å². The zero-order valence-corrected chi connectivity index (χ0v) is 12.0. The summed E-state index contributed by atoms with van der Waals surface area (Å²) < 4.78 is 0. The van der Waals surface area contributed by atoms with Gasteiger partial charge in [-0.25, -0.2) is 0 Å². The molecule has 0 saturated heterocycles. The Hall–Kier alpha value is -0.590. The van der Waals surface area contributed by atoms with Crippen molar-refractivity contribution in [2.45, 2.75) is 66.2 Å². The van der Waals surface area contributed by atoms with Crippen molar-refractivity contribution in [3.63, 3.8) is 0 Å². The number of carbonyl (C=O) groups is 1. The lowest BCUT2D eigenvalue weighted by molar-refractivity contribution is -0.124. The topological polar surface area (TPSA) is 17.1 Å². The Balaban J connectivity index is 2.47. The lowest BCUT2D eigenvalue weighted by Crippen LogP contribution is -2.25. The fourth-order valence-corrected chi connectivity index (χ4v) is 2.71. The number of hydrogen-bond acceptors (Lipinski definition) is 1. The van der Waals surface area contributed by atoms with Crippen LogP contribution < -0.4 is 0 Å². The second-order valence-corrected chi connectivity index (χ2v) is 5.99. The summed E-state index contributed by atoms with van der Waals surface area (Å²) >= 11 is 0. The van der Waals surface area contributed by atoms with Gasteiger partial charge in [-0.2, -0.15) is 0 Å². The summed E-state index contributed by atoms with van der Waals surface area (Å²) in [7, 11) is 0. The highest BCUT2D eigenvalue weighted by molar-refractivity contribution is 5.84. The van der Waals surface area contributed by atoms with E-state index in [1.165, 1.54) is 18.4 Å². The van der Waals surface area contributed by atoms with Gasteiger partial charge in [0.25, 0.3) is 0 Å². The van der Waals surface area contributed by atoms with Gasteiger partial charge in [-0.1, -0.05) is 38.8 Å². The van der Waals surface area contributed by atoms with Gasteiger partial charge in [0.2, 0.25) is 0 Å². The summed E-state index contributed by atoms with van der Waals surface area (Å²) in [6.45, 7) is 8.85. The average molecular weight is 236 g/mol. The van der Waals surface area contributed by atoms with Crippen molar-refractivity contribution < 1.29 is 4.79 Å². The molecule has 0 aromatic carbocycles. The minimum atomic E-state index is 0.241. The molecule has 0 amide bonds. The zero-order chi connectivity index (χ0) is 12.8. The molecule has 17 heavy (non-hydrogen) atoms. The van der Waals surface area contributed by atoms with Gasteiger partial charge in [0.05, 0.1) is 0 Å². The Morgan fingerprint density at radius 3 is 2.65 bits per heavy atom. The van der Waals surface area contributed by atoms with Gasteiger partial charge in [0.1, 0.15) is 5.78 Å². The minimum Gasteiger partial charge on any atom is -0.299 e. The third kappa shape index (κ3) is 4.65. The first-order valence-electron chi connectivity index (χ1n) is 7.24. The molecule has 98 valence electrons. The Labute approximate surface area is 107 Å². The Bertz CT molecular complexity index is 275. The third-order valence-electron chi connectivity index (χ3n) is 4.08. The highest BCUT2D eigenvalue weighted by Crippen LogP contribution is 2.32. The summed E-state index contributed by atoms with van der Waals surface area (Å²) in [4.78, 5) is 12.1. The second kappa shape index (κ2) is 6.98.